The van der Waals surface area contributed by atoms with Crippen LogP contribution >= 0.6 is 0 Å². The van der Waals surface area contributed by atoms with Crippen molar-refractivity contribution in [3.63, 3.8) is 0 Å². The SMILES string of the molecule is O=C(CCNC(=O)OCC1c2ccccc2-c2ccccc21)NCC1CCCCC1C(=O)O. The minimum absolute atomic E-state index is 0.0101. The standard InChI is InChI=1S/C26H30N2O5/c29-24(28-15-17-7-1-2-8-18(17)25(30)31)13-14-27-26(32)33-16-23-21-11-5-3-9-19(21)20-10-4-6-12-22(20)23/h3-6,9-12,17-18,23H,1-2,7-8,13-16H2,(H,27,32)(H,28,29)(H,30,31). The highest BCUT2D eigenvalue weighted by Crippen LogP contribution is 2.44. The molecule has 2 atom stereocenters. The summed E-state index contributed by atoms with van der Waals surface area (Å²) < 4.78 is 5.47. The van der Waals surface area contributed by atoms with Crippen LogP contribution in [0.2, 0.25) is 0 Å². The number of hydrogen-bond donors (Lipinski definition) is 3. The fraction of sp³-hybridized carbons (Fsp3) is 0.423. The molecule has 0 aromatic heterocycles. The zero-order valence-electron chi connectivity index (χ0n) is 18.6. The average Bonchev–Trinajstić information content (AvgIpc) is 3.15. The molecule has 2 aromatic carbocycles. The second-order valence-electron chi connectivity index (χ2n) is 8.80. The van der Waals surface area contributed by atoms with Gasteiger partial charge in [-0.15, -0.1) is 0 Å². The van der Waals surface area contributed by atoms with E-state index in [0.29, 0.717) is 13.0 Å². The Morgan fingerprint density at radius 1 is 0.909 bits per heavy atom. The Kier molecular flexibility index (Phi) is 7.27. The Morgan fingerprint density at radius 3 is 2.21 bits per heavy atom. The molecule has 2 unspecified atom stereocenters. The number of ether oxygens (including phenoxy) is 1. The molecule has 7 nitrogen and oxygen atoms in total. The number of nitrogens with one attached hydrogen (secondary N) is 2. The van der Waals surface area contributed by atoms with E-state index in [4.69, 9.17) is 4.74 Å². The van der Waals surface area contributed by atoms with E-state index in [1.165, 1.54) is 11.1 Å². The van der Waals surface area contributed by atoms with Crippen LogP contribution in [-0.2, 0) is 14.3 Å². The van der Waals surface area contributed by atoms with Crippen molar-refractivity contribution in [3.05, 3.63) is 59.7 Å². The highest BCUT2D eigenvalue weighted by atomic mass is 16.5. The van der Waals surface area contributed by atoms with Crippen molar-refractivity contribution < 1.29 is 24.2 Å². The van der Waals surface area contributed by atoms with Crippen LogP contribution in [0.15, 0.2) is 48.5 Å². The molecule has 0 aliphatic heterocycles. The molecule has 3 N–H and O–H groups in total. The van der Waals surface area contributed by atoms with Crippen molar-refractivity contribution in [1.29, 1.82) is 0 Å². The Morgan fingerprint density at radius 2 is 1.55 bits per heavy atom. The molecule has 2 aliphatic carbocycles. The molecule has 0 spiro atoms. The molecule has 174 valence electrons. The average molecular weight is 451 g/mol. The second kappa shape index (κ2) is 10.5. The van der Waals surface area contributed by atoms with Gasteiger partial charge in [-0.05, 0) is 41.0 Å². The van der Waals surface area contributed by atoms with Crippen LogP contribution in [0.4, 0.5) is 4.79 Å². The molecule has 0 radical (unpaired) electrons. The summed E-state index contributed by atoms with van der Waals surface area (Å²) in [7, 11) is 0. The van der Waals surface area contributed by atoms with Gasteiger partial charge in [0.15, 0.2) is 0 Å². The van der Waals surface area contributed by atoms with Crippen LogP contribution in [0.3, 0.4) is 0 Å². The van der Waals surface area contributed by atoms with Gasteiger partial charge in [0.2, 0.25) is 5.91 Å². The predicted octanol–water partition coefficient (Wildman–Crippen LogP) is 3.92. The van der Waals surface area contributed by atoms with Gasteiger partial charge in [-0.2, -0.15) is 0 Å². The Bertz CT molecular complexity index is 976. The van der Waals surface area contributed by atoms with Gasteiger partial charge in [-0.3, -0.25) is 9.59 Å². The molecule has 1 saturated carbocycles. The molecule has 0 bridgehead atoms. The van der Waals surface area contributed by atoms with Crippen LogP contribution in [0, 0.1) is 11.8 Å². The highest BCUT2D eigenvalue weighted by molar-refractivity contribution is 5.79. The van der Waals surface area contributed by atoms with Crippen LogP contribution in [0.1, 0.15) is 49.1 Å². The van der Waals surface area contributed by atoms with Gasteiger partial charge in [0.05, 0.1) is 5.92 Å². The third-order valence-corrected chi connectivity index (χ3v) is 6.75. The lowest BCUT2D eigenvalue weighted by molar-refractivity contribution is -0.145. The third-order valence-electron chi connectivity index (χ3n) is 6.75. The molecule has 7 heteroatoms. The second-order valence-corrected chi connectivity index (χ2v) is 8.80. The maximum absolute atomic E-state index is 12.2. The molecule has 1 fully saturated rings. The van der Waals surface area contributed by atoms with Crippen molar-refractivity contribution in [2.45, 2.75) is 38.0 Å². The number of alkyl carbamates (subject to hydrolysis) is 1. The highest BCUT2D eigenvalue weighted by Gasteiger charge is 2.31. The first kappa shape index (κ1) is 22.8. The van der Waals surface area contributed by atoms with E-state index in [1.807, 2.05) is 24.3 Å². The summed E-state index contributed by atoms with van der Waals surface area (Å²) in [4.78, 5) is 35.7. The van der Waals surface area contributed by atoms with E-state index >= 15 is 0 Å². The van der Waals surface area contributed by atoms with E-state index in [2.05, 4.69) is 34.9 Å². The van der Waals surface area contributed by atoms with E-state index in [-0.39, 0.29) is 37.3 Å². The topological polar surface area (TPSA) is 105 Å². The zero-order chi connectivity index (χ0) is 23.2. The Balaban J connectivity index is 1.20. The predicted molar refractivity (Wildman–Crippen MR) is 124 cm³/mol. The monoisotopic (exact) mass is 450 g/mol. The summed E-state index contributed by atoms with van der Waals surface area (Å²) >= 11 is 0. The summed E-state index contributed by atoms with van der Waals surface area (Å²) in [5.41, 5.74) is 4.63. The van der Waals surface area contributed by atoms with Crippen LogP contribution in [-0.4, -0.2) is 42.8 Å². The van der Waals surface area contributed by atoms with Crippen molar-refractivity contribution in [3.8, 4) is 11.1 Å². The lowest BCUT2D eigenvalue weighted by Gasteiger charge is -2.28. The lowest BCUT2D eigenvalue weighted by Crippen LogP contribution is -2.38. The fourth-order valence-corrected chi connectivity index (χ4v) is 5.04. The number of aliphatic carboxylic acids is 1. The number of carbonyl (C=O) groups is 3. The number of fused-ring (bicyclic) bond motifs is 3. The van der Waals surface area contributed by atoms with Crippen molar-refractivity contribution in [2.75, 3.05) is 19.7 Å². The smallest absolute Gasteiger partial charge is 0.407 e. The van der Waals surface area contributed by atoms with E-state index in [1.54, 1.807) is 0 Å². The van der Waals surface area contributed by atoms with E-state index in [0.717, 1.165) is 30.4 Å². The van der Waals surface area contributed by atoms with Crippen LogP contribution < -0.4 is 10.6 Å². The largest absolute Gasteiger partial charge is 0.481 e. The molecule has 2 aromatic rings. The molecule has 0 saturated heterocycles. The zero-order valence-corrected chi connectivity index (χ0v) is 18.6. The molecule has 4 rings (SSSR count). The summed E-state index contributed by atoms with van der Waals surface area (Å²) in [6, 6.07) is 16.3. The molecular weight excluding hydrogens is 420 g/mol. The van der Waals surface area contributed by atoms with Gasteiger partial charge in [0, 0.05) is 25.4 Å². The van der Waals surface area contributed by atoms with Gasteiger partial charge >= 0.3 is 12.1 Å². The molecule has 2 amide bonds. The minimum atomic E-state index is -0.786. The van der Waals surface area contributed by atoms with Gasteiger partial charge < -0.3 is 20.5 Å². The lowest BCUT2D eigenvalue weighted by atomic mass is 9.79. The van der Waals surface area contributed by atoms with Crippen LogP contribution in [0.25, 0.3) is 11.1 Å². The van der Waals surface area contributed by atoms with Crippen LogP contribution in [0.5, 0.6) is 0 Å². The summed E-state index contributed by atoms with van der Waals surface area (Å²) in [6.45, 7) is 0.751. The molecule has 33 heavy (non-hydrogen) atoms. The van der Waals surface area contributed by atoms with Crippen molar-refractivity contribution >= 4 is 18.0 Å². The number of hydrogen-bond acceptors (Lipinski definition) is 4. The number of amides is 2. The quantitative estimate of drug-likeness (QED) is 0.565. The fourth-order valence-electron chi connectivity index (χ4n) is 5.04. The minimum Gasteiger partial charge on any atom is -0.481 e. The first-order valence-electron chi connectivity index (χ1n) is 11.6. The van der Waals surface area contributed by atoms with E-state index < -0.39 is 18.0 Å². The van der Waals surface area contributed by atoms with Gasteiger partial charge in [0.1, 0.15) is 6.61 Å². The van der Waals surface area contributed by atoms with E-state index in [9.17, 15) is 19.5 Å². The molecule has 0 heterocycles. The maximum atomic E-state index is 12.2. The Labute approximate surface area is 193 Å². The third kappa shape index (κ3) is 5.35. The number of carbonyl (C=O) groups excluding carboxylic acids is 2. The summed E-state index contributed by atoms with van der Waals surface area (Å²) in [6.07, 6.45) is 2.96. The first-order valence-corrected chi connectivity index (χ1v) is 11.6. The number of rotatable bonds is 8. The number of carboxylic acids is 1. The van der Waals surface area contributed by atoms with Gasteiger partial charge in [-0.1, -0.05) is 61.4 Å². The van der Waals surface area contributed by atoms with Gasteiger partial charge in [0.25, 0.3) is 0 Å². The maximum Gasteiger partial charge on any atom is 0.407 e. The Hall–Kier alpha value is -3.35. The number of carboxylic acid groups (broad SMARTS) is 1. The first-order chi connectivity index (χ1) is 16.0. The van der Waals surface area contributed by atoms with Crippen molar-refractivity contribution in [2.24, 2.45) is 11.8 Å². The van der Waals surface area contributed by atoms with Crippen molar-refractivity contribution in [1.82, 2.24) is 10.6 Å². The molecular formula is C26H30N2O5. The number of benzene rings is 2. The summed E-state index contributed by atoms with van der Waals surface area (Å²) in [5, 5.41) is 14.8. The van der Waals surface area contributed by atoms with Gasteiger partial charge in [-0.25, -0.2) is 4.79 Å². The normalized spacial score (nSPS) is 19.3. The molecule has 2 aliphatic rings. The summed E-state index contributed by atoms with van der Waals surface area (Å²) in [5.74, 6) is -1.42.